The summed E-state index contributed by atoms with van der Waals surface area (Å²) in [5.74, 6) is -1.00. The van der Waals surface area contributed by atoms with Gasteiger partial charge in [-0.2, -0.15) is 0 Å². The Labute approximate surface area is 111 Å². The topological polar surface area (TPSA) is 105 Å². The Bertz CT molecular complexity index is 475. The van der Waals surface area contributed by atoms with E-state index >= 15 is 0 Å². The number of hydrogen-bond acceptors (Lipinski definition) is 4. The molecule has 1 aromatic heterocycles. The van der Waals surface area contributed by atoms with Crippen LogP contribution in [0.5, 0.6) is 0 Å². The number of nitrogens with two attached hydrogens (primary N) is 1. The van der Waals surface area contributed by atoms with Gasteiger partial charge in [-0.3, -0.25) is 14.6 Å². The third-order valence-electron chi connectivity index (χ3n) is 3.60. The van der Waals surface area contributed by atoms with Crippen molar-refractivity contribution in [2.75, 3.05) is 11.9 Å². The molecule has 1 saturated carbocycles. The Morgan fingerprint density at radius 3 is 2.58 bits per heavy atom. The number of amides is 1. The van der Waals surface area contributed by atoms with E-state index in [-0.39, 0.29) is 12.3 Å². The number of carbonyl (C=O) groups excluding carboxylic acids is 1. The van der Waals surface area contributed by atoms with Crippen LogP contribution in [0.1, 0.15) is 25.0 Å². The highest BCUT2D eigenvalue weighted by atomic mass is 16.4. The van der Waals surface area contributed by atoms with E-state index in [0.29, 0.717) is 17.9 Å². The minimum absolute atomic E-state index is 0.0750. The smallest absolute Gasteiger partial charge is 0.309 e. The molecule has 1 fully saturated rings. The number of aromatic nitrogens is 1. The molecule has 0 unspecified atom stereocenters. The Balaban J connectivity index is 1.99. The highest BCUT2D eigenvalue weighted by molar-refractivity contribution is 5.96. The number of pyridine rings is 1. The van der Waals surface area contributed by atoms with Gasteiger partial charge in [-0.05, 0) is 25.0 Å². The maximum atomic E-state index is 12.1. The van der Waals surface area contributed by atoms with E-state index in [9.17, 15) is 9.59 Å². The number of nitrogens with one attached hydrogen (secondary N) is 1. The zero-order valence-corrected chi connectivity index (χ0v) is 10.6. The second-order valence-electron chi connectivity index (χ2n) is 4.90. The van der Waals surface area contributed by atoms with Gasteiger partial charge in [0.2, 0.25) is 5.91 Å². The zero-order chi connectivity index (χ0) is 13.9. The van der Waals surface area contributed by atoms with Crippen molar-refractivity contribution in [2.45, 2.75) is 25.7 Å². The van der Waals surface area contributed by atoms with Crippen molar-refractivity contribution in [3.8, 4) is 0 Å². The summed E-state index contributed by atoms with van der Waals surface area (Å²) in [6.45, 7) is 0.351. The lowest BCUT2D eigenvalue weighted by atomic mass is 9.68. The van der Waals surface area contributed by atoms with E-state index in [1.165, 1.54) is 6.20 Å². The minimum atomic E-state index is -0.930. The number of anilines is 1. The molecule has 6 nitrogen and oxygen atoms in total. The molecule has 6 heteroatoms. The van der Waals surface area contributed by atoms with Gasteiger partial charge in [-0.25, -0.2) is 0 Å². The summed E-state index contributed by atoms with van der Waals surface area (Å²) in [5.41, 5.74) is 6.26. The van der Waals surface area contributed by atoms with Crippen LogP contribution in [0.4, 0.5) is 5.69 Å². The van der Waals surface area contributed by atoms with Crippen LogP contribution in [0, 0.1) is 5.41 Å². The average Bonchev–Trinajstić information content (AvgIpc) is 2.30. The molecule has 1 aliphatic rings. The van der Waals surface area contributed by atoms with Gasteiger partial charge >= 0.3 is 5.97 Å². The predicted molar refractivity (Wildman–Crippen MR) is 69.5 cm³/mol. The van der Waals surface area contributed by atoms with Crippen molar-refractivity contribution in [1.82, 2.24) is 4.98 Å². The fourth-order valence-electron chi connectivity index (χ4n) is 2.15. The summed E-state index contributed by atoms with van der Waals surface area (Å²) in [6.07, 6.45) is 4.01. The summed E-state index contributed by atoms with van der Waals surface area (Å²) in [7, 11) is 0. The van der Waals surface area contributed by atoms with E-state index in [0.717, 1.165) is 19.3 Å². The van der Waals surface area contributed by atoms with Gasteiger partial charge in [0.25, 0.3) is 0 Å². The molecule has 19 heavy (non-hydrogen) atoms. The van der Waals surface area contributed by atoms with Gasteiger partial charge < -0.3 is 16.2 Å². The van der Waals surface area contributed by atoms with E-state index in [4.69, 9.17) is 10.8 Å². The Morgan fingerprint density at radius 2 is 2.16 bits per heavy atom. The Morgan fingerprint density at radius 1 is 1.42 bits per heavy atom. The fourth-order valence-corrected chi connectivity index (χ4v) is 2.15. The first kappa shape index (κ1) is 13.5. The summed E-state index contributed by atoms with van der Waals surface area (Å²) in [6, 6.07) is 3.26. The van der Waals surface area contributed by atoms with Crippen LogP contribution >= 0.6 is 0 Å². The van der Waals surface area contributed by atoms with E-state index < -0.39 is 11.4 Å². The van der Waals surface area contributed by atoms with Gasteiger partial charge in [0, 0.05) is 6.54 Å². The first-order chi connectivity index (χ1) is 9.05. The van der Waals surface area contributed by atoms with Gasteiger partial charge in [0.15, 0.2) is 0 Å². The predicted octanol–water partition coefficient (Wildman–Crippen LogP) is 0.776. The molecule has 0 bridgehead atoms. The van der Waals surface area contributed by atoms with Crippen molar-refractivity contribution in [3.63, 3.8) is 0 Å². The molecule has 1 heterocycles. The van der Waals surface area contributed by atoms with Crippen LogP contribution in [-0.4, -0.2) is 28.5 Å². The largest absolute Gasteiger partial charge is 0.481 e. The summed E-state index contributed by atoms with van der Waals surface area (Å²) < 4.78 is 0. The normalized spacial score (nSPS) is 16.5. The van der Waals surface area contributed by atoms with Gasteiger partial charge in [0.1, 0.15) is 0 Å². The van der Waals surface area contributed by atoms with Crippen LogP contribution in [0.3, 0.4) is 0 Å². The van der Waals surface area contributed by atoms with E-state index in [2.05, 4.69) is 10.3 Å². The first-order valence-corrected chi connectivity index (χ1v) is 6.24. The van der Waals surface area contributed by atoms with Gasteiger partial charge in [-0.15, -0.1) is 0 Å². The molecule has 0 aromatic carbocycles. The molecule has 0 radical (unpaired) electrons. The van der Waals surface area contributed by atoms with Crippen molar-refractivity contribution >= 4 is 17.6 Å². The fraction of sp³-hybridized carbons (Fsp3) is 0.462. The number of aliphatic carboxylic acids is 1. The second-order valence-corrected chi connectivity index (χ2v) is 4.90. The van der Waals surface area contributed by atoms with Crippen LogP contribution in [0.2, 0.25) is 0 Å². The third-order valence-corrected chi connectivity index (χ3v) is 3.60. The lowest BCUT2D eigenvalue weighted by Crippen LogP contribution is -2.47. The van der Waals surface area contributed by atoms with Crippen LogP contribution < -0.4 is 11.1 Å². The maximum absolute atomic E-state index is 12.1. The third kappa shape index (κ3) is 2.90. The number of carboxylic acids is 1. The number of carbonyl (C=O) groups is 2. The lowest BCUT2D eigenvalue weighted by molar-refractivity contribution is -0.136. The summed E-state index contributed by atoms with van der Waals surface area (Å²) in [4.78, 5) is 26.6. The molecule has 2 rings (SSSR count). The molecule has 4 N–H and O–H groups in total. The van der Waals surface area contributed by atoms with Crippen LogP contribution in [0.15, 0.2) is 18.3 Å². The highest BCUT2D eigenvalue weighted by Crippen LogP contribution is 2.40. The SMILES string of the molecule is NCC1(C(=O)Nc2ccc(CC(=O)O)nc2)CCC1. The van der Waals surface area contributed by atoms with Gasteiger partial charge in [0.05, 0.1) is 29.4 Å². The maximum Gasteiger partial charge on any atom is 0.309 e. The number of carboxylic acid groups (broad SMARTS) is 1. The molecular formula is C13H17N3O3. The minimum Gasteiger partial charge on any atom is -0.481 e. The molecule has 1 aromatic rings. The van der Waals surface area contributed by atoms with Crippen molar-refractivity contribution in [2.24, 2.45) is 11.1 Å². The molecular weight excluding hydrogens is 246 g/mol. The molecule has 102 valence electrons. The monoisotopic (exact) mass is 263 g/mol. The quantitative estimate of drug-likeness (QED) is 0.728. The summed E-state index contributed by atoms with van der Waals surface area (Å²) >= 11 is 0. The van der Waals surface area contributed by atoms with E-state index in [1.807, 2.05) is 0 Å². The van der Waals surface area contributed by atoms with Gasteiger partial charge in [-0.1, -0.05) is 6.42 Å². The number of rotatable bonds is 5. The Hall–Kier alpha value is -1.95. The van der Waals surface area contributed by atoms with Crippen molar-refractivity contribution in [3.05, 3.63) is 24.0 Å². The number of nitrogens with zero attached hydrogens (tertiary/aromatic N) is 1. The standard InChI is InChI=1S/C13H17N3O3/c14-8-13(4-1-5-13)12(19)16-10-3-2-9(15-7-10)6-11(17)18/h2-3,7H,1,4-6,8,14H2,(H,16,19)(H,17,18). The average molecular weight is 263 g/mol. The second kappa shape index (κ2) is 5.36. The number of hydrogen-bond donors (Lipinski definition) is 3. The molecule has 0 saturated heterocycles. The summed E-state index contributed by atoms with van der Waals surface area (Å²) in [5, 5.41) is 11.4. The molecule has 0 atom stereocenters. The van der Waals surface area contributed by atoms with Crippen molar-refractivity contribution < 1.29 is 14.7 Å². The highest BCUT2D eigenvalue weighted by Gasteiger charge is 2.42. The molecule has 1 amide bonds. The molecule has 0 spiro atoms. The van der Waals surface area contributed by atoms with Crippen LogP contribution in [-0.2, 0) is 16.0 Å². The van der Waals surface area contributed by atoms with Crippen molar-refractivity contribution in [1.29, 1.82) is 0 Å². The lowest BCUT2D eigenvalue weighted by Gasteiger charge is -2.39. The zero-order valence-electron chi connectivity index (χ0n) is 10.6. The molecule has 1 aliphatic carbocycles. The Kier molecular flexibility index (Phi) is 3.80. The first-order valence-electron chi connectivity index (χ1n) is 6.24. The molecule has 0 aliphatic heterocycles. The van der Waals surface area contributed by atoms with E-state index in [1.54, 1.807) is 12.1 Å². The van der Waals surface area contributed by atoms with Crippen LogP contribution in [0.25, 0.3) is 0 Å².